The lowest BCUT2D eigenvalue weighted by atomic mass is 9.77. The monoisotopic (exact) mass is 479 g/mol. The topological polar surface area (TPSA) is 69.0 Å². The van der Waals surface area contributed by atoms with E-state index in [2.05, 4.69) is 59.6 Å². The van der Waals surface area contributed by atoms with E-state index >= 15 is 0 Å². The van der Waals surface area contributed by atoms with Crippen LogP contribution in [0.3, 0.4) is 0 Å². The van der Waals surface area contributed by atoms with Gasteiger partial charge in [0.2, 0.25) is 5.13 Å². The Balaban J connectivity index is 1.42. The molecule has 35 heavy (non-hydrogen) atoms. The number of phenolic OH excluding ortho intramolecular Hbond substituents is 2. The van der Waals surface area contributed by atoms with E-state index in [-0.39, 0.29) is 17.5 Å². The molecule has 3 aromatic carbocycles. The maximum absolute atomic E-state index is 9.95. The minimum absolute atomic E-state index is 0.0814. The number of hydrogen-bond acceptors (Lipinski definition) is 6. The van der Waals surface area contributed by atoms with Crippen LogP contribution in [-0.4, -0.2) is 20.9 Å². The zero-order chi connectivity index (χ0) is 23.8. The molecule has 1 aliphatic heterocycles. The molecule has 1 saturated carbocycles. The van der Waals surface area contributed by atoms with Crippen molar-refractivity contribution in [2.45, 2.75) is 25.3 Å². The third-order valence-electron chi connectivity index (χ3n) is 6.74. The number of thiazole rings is 1. The van der Waals surface area contributed by atoms with Crippen LogP contribution in [0.25, 0.3) is 17.3 Å². The summed E-state index contributed by atoms with van der Waals surface area (Å²) in [6.07, 6.45) is 5.53. The summed E-state index contributed by atoms with van der Waals surface area (Å²) in [5.41, 5.74) is 6.40. The number of benzene rings is 3. The van der Waals surface area contributed by atoms with Crippen LogP contribution in [0.1, 0.15) is 36.4 Å². The zero-order valence-corrected chi connectivity index (χ0v) is 19.9. The summed E-state index contributed by atoms with van der Waals surface area (Å²) in [5.74, 6) is 0.00890. The zero-order valence-electron chi connectivity index (χ0n) is 19.1. The molecule has 0 radical (unpaired) electrons. The van der Waals surface area contributed by atoms with E-state index in [1.54, 1.807) is 23.5 Å². The number of phenols is 2. The third kappa shape index (κ3) is 4.10. The van der Waals surface area contributed by atoms with Crippen molar-refractivity contribution in [3.63, 3.8) is 0 Å². The van der Waals surface area contributed by atoms with E-state index in [0.717, 1.165) is 41.4 Å². The fourth-order valence-corrected chi connectivity index (χ4v) is 5.90. The van der Waals surface area contributed by atoms with Gasteiger partial charge in [0.1, 0.15) is 0 Å². The summed E-state index contributed by atoms with van der Waals surface area (Å²) in [6, 6.07) is 25.9. The molecule has 2 aliphatic rings. The molecule has 5 nitrogen and oxygen atoms in total. The Hall–Kier alpha value is -3.90. The van der Waals surface area contributed by atoms with E-state index in [0.29, 0.717) is 5.92 Å². The van der Waals surface area contributed by atoms with Crippen LogP contribution in [0.4, 0.5) is 5.13 Å². The molecule has 2 N–H and O–H groups in total. The average molecular weight is 480 g/mol. The second kappa shape index (κ2) is 9.04. The summed E-state index contributed by atoms with van der Waals surface area (Å²) in [4.78, 5) is 4.90. The summed E-state index contributed by atoms with van der Waals surface area (Å²) in [6.45, 7) is 0. The third-order valence-corrected chi connectivity index (χ3v) is 7.57. The molecule has 4 aromatic rings. The number of hydrazone groups is 1. The quantitative estimate of drug-likeness (QED) is 0.309. The summed E-state index contributed by atoms with van der Waals surface area (Å²) in [7, 11) is 0. The van der Waals surface area contributed by atoms with Gasteiger partial charge >= 0.3 is 0 Å². The Bertz CT molecular complexity index is 1410. The lowest BCUT2D eigenvalue weighted by molar-refractivity contribution is 0.404. The van der Waals surface area contributed by atoms with Gasteiger partial charge in [0, 0.05) is 16.9 Å². The van der Waals surface area contributed by atoms with E-state index in [1.807, 2.05) is 17.5 Å². The molecule has 1 aliphatic carbocycles. The van der Waals surface area contributed by atoms with Gasteiger partial charge in [0.25, 0.3) is 0 Å². The first kappa shape index (κ1) is 21.6. The van der Waals surface area contributed by atoms with Crippen molar-refractivity contribution in [1.82, 2.24) is 4.98 Å². The van der Waals surface area contributed by atoms with Gasteiger partial charge in [-0.15, -0.1) is 11.3 Å². The Morgan fingerprint density at radius 1 is 0.914 bits per heavy atom. The Kier molecular flexibility index (Phi) is 5.58. The molecule has 174 valence electrons. The maximum Gasteiger partial charge on any atom is 0.207 e. The molecule has 1 fully saturated rings. The molecular formula is C29H25N3O2S. The fraction of sp³-hybridized carbons (Fsp3) is 0.172. The van der Waals surface area contributed by atoms with Crippen LogP contribution < -0.4 is 5.01 Å². The second-order valence-electron chi connectivity index (χ2n) is 8.98. The first-order valence-electron chi connectivity index (χ1n) is 11.8. The molecule has 0 saturated heterocycles. The number of anilines is 1. The van der Waals surface area contributed by atoms with Crippen molar-refractivity contribution in [2.75, 3.05) is 5.01 Å². The van der Waals surface area contributed by atoms with Gasteiger partial charge < -0.3 is 10.2 Å². The molecule has 1 aromatic heterocycles. The fourth-order valence-electron chi connectivity index (χ4n) is 5.08. The molecule has 6 rings (SSSR count). The van der Waals surface area contributed by atoms with Gasteiger partial charge in [-0.3, -0.25) is 0 Å². The van der Waals surface area contributed by atoms with Crippen LogP contribution in [0.5, 0.6) is 11.5 Å². The van der Waals surface area contributed by atoms with E-state index in [4.69, 9.17) is 10.1 Å². The molecule has 0 spiro atoms. The Labute approximate surface area is 208 Å². The minimum atomic E-state index is -0.151. The lowest BCUT2D eigenvalue weighted by Gasteiger charge is -2.29. The molecule has 0 amide bonds. The van der Waals surface area contributed by atoms with Gasteiger partial charge in [-0.1, -0.05) is 60.7 Å². The van der Waals surface area contributed by atoms with E-state index in [9.17, 15) is 10.2 Å². The minimum Gasteiger partial charge on any atom is -0.504 e. The lowest BCUT2D eigenvalue weighted by Crippen LogP contribution is -2.28. The summed E-state index contributed by atoms with van der Waals surface area (Å²) in [5, 5.41) is 29.7. The molecular weight excluding hydrogens is 454 g/mol. The molecule has 0 bridgehead atoms. The number of aromatic nitrogens is 1. The van der Waals surface area contributed by atoms with Gasteiger partial charge in [-0.25, -0.2) is 9.99 Å². The molecule has 2 heterocycles. The van der Waals surface area contributed by atoms with Gasteiger partial charge in [0.05, 0.1) is 17.4 Å². The highest BCUT2D eigenvalue weighted by molar-refractivity contribution is 7.14. The van der Waals surface area contributed by atoms with Gasteiger partial charge in [0.15, 0.2) is 11.5 Å². The second-order valence-corrected chi connectivity index (χ2v) is 9.82. The number of allylic oxidation sites excluding steroid dienone is 1. The highest BCUT2D eigenvalue weighted by Crippen LogP contribution is 2.47. The molecule has 6 heteroatoms. The van der Waals surface area contributed by atoms with Crippen molar-refractivity contribution < 1.29 is 10.2 Å². The standard InChI is InChI=1S/C29H25N3O2S/c33-25-15-14-21(17-26(25)34)24-18-35-29(30-24)32-28(20-10-5-2-6-11-20)23-13-7-12-22(27(23)31-32)16-19-8-3-1-4-9-19/h1-6,8-11,14-18,23,28,33-34H,7,12-13H2/b22-16+/t23-,28+/m1/s1. The van der Waals surface area contributed by atoms with Crippen LogP contribution in [-0.2, 0) is 0 Å². The number of rotatable bonds is 4. The predicted octanol–water partition coefficient (Wildman–Crippen LogP) is 7.02. The largest absolute Gasteiger partial charge is 0.504 e. The van der Waals surface area contributed by atoms with Crippen molar-refractivity contribution in [2.24, 2.45) is 11.0 Å². The SMILES string of the molecule is Oc1ccc(-c2csc(N3N=C4/C(=C/c5ccccc5)CCC[C@H]4[C@@H]3c3ccccc3)n2)cc1O. The van der Waals surface area contributed by atoms with Crippen LogP contribution in [0, 0.1) is 5.92 Å². The van der Waals surface area contributed by atoms with Crippen LogP contribution >= 0.6 is 11.3 Å². The number of hydrogen-bond donors (Lipinski definition) is 2. The van der Waals surface area contributed by atoms with Crippen molar-refractivity contribution in [1.29, 1.82) is 0 Å². The van der Waals surface area contributed by atoms with Crippen molar-refractivity contribution >= 4 is 28.3 Å². The molecule has 2 atom stereocenters. The van der Waals surface area contributed by atoms with Gasteiger partial charge in [-0.2, -0.15) is 5.10 Å². The van der Waals surface area contributed by atoms with Crippen LogP contribution in [0.15, 0.2) is 94.9 Å². The number of fused-ring (bicyclic) bond motifs is 1. The summed E-state index contributed by atoms with van der Waals surface area (Å²) >= 11 is 1.54. The summed E-state index contributed by atoms with van der Waals surface area (Å²) < 4.78 is 0. The van der Waals surface area contributed by atoms with Crippen LogP contribution in [0.2, 0.25) is 0 Å². The molecule has 0 unspecified atom stereocenters. The smallest absolute Gasteiger partial charge is 0.207 e. The maximum atomic E-state index is 9.95. The first-order chi connectivity index (χ1) is 17.2. The highest BCUT2D eigenvalue weighted by Gasteiger charge is 2.42. The normalized spacial score (nSPS) is 20.6. The Morgan fingerprint density at radius 2 is 1.69 bits per heavy atom. The number of aromatic hydroxyl groups is 2. The average Bonchev–Trinajstić information content (AvgIpc) is 3.53. The number of nitrogens with zero attached hydrogens (tertiary/aromatic N) is 3. The van der Waals surface area contributed by atoms with E-state index in [1.165, 1.54) is 22.8 Å². The Morgan fingerprint density at radius 3 is 2.46 bits per heavy atom. The van der Waals surface area contributed by atoms with Crippen molar-refractivity contribution in [3.05, 3.63) is 101 Å². The first-order valence-corrected chi connectivity index (χ1v) is 12.7. The van der Waals surface area contributed by atoms with E-state index < -0.39 is 0 Å². The predicted molar refractivity (Wildman–Crippen MR) is 142 cm³/mol. The van der Waals surface area contributed by atoms with Gasteiger partial charge in [-0.05, 0) is 60.2 Å². The highest BCUT2D eigenvalue weighted by atomic mass is 32.1. The van der Waals surface area contributed by atoms with Crippen molar-refractivity contribution in [3.8, 4) is 22.8 Å².